The van der Waals surface area contributed by atoms with Crippen molar-refractivity contribution in [2.45, 2.75) is 57.6 Å². The van der Waals surface area contributed by atoms with E-state index in [0.717, 1.165) is 39.0 Å². The molecule has 0 aromatic carbocycles. The summed E-state index contributed by atoms with van der Waals surface area (Å²) < 4.78 is 0. The Bertz CT molecular complexity index is 267. The first-order chi connectivity index (χ1) is 8.68. The van der Waals surface area contributed by atoms with Crippen LogP contribution < -0.4 is 0 Å². The van der Waals surface area contributed by atoms with Gasteiger partial charge in [-0.2, -0.15) is 0 Å². The number of hydrogen-bond donors (Lipinski definition) is 1. The highest BCUT2D eigenvalue weighted by atomic mass is 16.3. The number of carbonyl (C=O) groups is 1. The maximum atomic E-state index is 12.4. The fourth-order valence-electron chi connectivity index (χ4n) is 2.99. The van der Waals surface area contributed by atoms with Crippen molar-refractivity contribution in [3.63, 3.8) is 0 Å². The molecule has 2 saturated heterocycles. The molecule has 1 atom stereocenters. The first-order valence-corrected chi connectivity index (χ1v) is 7.39. The van der Waals surface area contributed by atoms with Crippen molar-refractivity contribution in [1.82, 2.24) is 9.80 Å². The van der Waals surface area contributed by atoms with Crippen LogP contribution in [0.3, 0.4) is 0 Å². The SMILES string of the molecule is CC(C(=O)N1CCC(O)CC1)N1CCCCCC1. The number of aliphatic hydroxyl groups is 1. The van der Waals surface area contributed by atoms with Crippen molar-refractivity contribution in [1.29, 1.82) is 0 Å². The minimum Gasteiger partial charge on any atom is -0.393 e. The second kappa shape index (κ2) is 6.53. The van der Waals surface area contributed by atoms with Crippen molar-refractivity contribution in [3.8, 4) is 0 Å². The van der Waals surface area contributed by atoms with E-state index >= 15 is 0 Å². The molecule has 2 aliphatic heterocycles. The molecular formula is C14H26N2O2. The fraction of sp³-hybridized carbons (Fsp3) is 0.929. The Hall–Kier alpha value is -0.610. The van der Waals surface area contributed by atoms with E-state index in [1.54, 1.807) is 0 Å². The van der Waals surface area contributed by atoms with Gasteiger partial charge in [-0.05, 0) is 45.7 Å². The minimum absolute atomic E-state index is 0.0124. The Balaban J connectivity index is 1.87. The smallest absolute Gasteiger partial charge is 0.239 e. The van der Waals surface area contributed by atoms with E-state index < -0.39 is 0 Å². The standard InChI is InChI=1S/C14H26N2O2/c1-12(15-8-4-2-3-5-9-15)14(18)16-10-6-13(17)7-11-16/h12-13,17H,2-11H2,1H3. The topological polar surface area (TPSA) is 43.8 Å². The molecular weight excluding hydrogens is 228 g/mol. The van der Waals surface area contributed by atoms with Gasteiger partial charge >= 0.3 is 0 Å². The molecule has 0 spiro atoms. The number of rotatable bonds is 2. The third kappa shape index (κ3) is 3.45. The van der Waals surface area contributed by atoms with Gasteiger partial charge in [0.1, 0.15) is 0 Å². The zero-order valence-corrected chi connectivity index (χ0v) is 11.5. The van der Waals surface area contributed by atoms with Gasteiger partial charge in [0.2, 0.25) is 5.91 Å². The maximum Gasteiger partial charge on any atom is 0.239 e. The lowest BCUT2D eigenvalue weighted by molar-refractivity contribution is -0.138. The van der Waals surface area contributed by atoms with E-state index in [2.05, 4.69) is 4.90 Å². The summed E-state index contributed by atoms with van der Waals surface area (Å²) in [5.74, 6) is 0.254. The van der Waals surface area contributed by atoms with Gasteiger partial charge in [0.15, 0.2) is 0 Å². The summed E-state index contributed by atoms with van der Waals surface area (Å²) in [4.78, 5) is 16.7. The molecule has 0 aromatic rings. The van der Waals surface area contributed by atoms with Gasteiger partial charge in [-0.25, -0.2) is 0 Å². The molecule has 0 bridgehead atoms. The summed E-state index contributed by atoms with van der Waals surface area (Å²) in [5, 5.41) is 9.48. The van der Waals surface area contributed by atoms with Gasteiger partial charge in [-0.1, -0.05) is 12.8 Å². The zero-order valence-electron chi connectivity index (χ0n) is 11.5. The van der Waals surface area contributed by atoms with Gasteiger partial charge in [-0.15, -0.1) is 0 Å². The normalized spacial score (nSPS) is 25.8. The molecule has 2 fully saturated rings. The number of nitrogens with zero attached hydrogens (tertiary/aromatic N) is 2. The first kappa shape index (κ1) is 13.8. The lowest BCUT2D eigenvalue weighted by Gasteiger charge is -2.35. The first-order valence-electron chi connectivity index (χ1n) is 7.39. The van der Waals surface area contributed by atoms with Crippen LogP contribution in [0.4, 0.5) is 0 Å². The van der Waals surface area contributed by atoms with Gasteiger partial charge in [0, 0.05) is 13.1 Å². The van der Waals surface area contributed by atoms with Crippen LogP contribution in [0, 0.1) is 0 Å². The van der Waals surface area contributed by atoms with E-state index in [0.29, 0.717) is 0 Å². The van der Waals surface area contributed by atoms with Crippen LogP contribution in [-0.4, -0.2) is 59.1 Å². The molecule has 0 radical (unpaired) electrons. The zero-order chi connectivity index (χ0) is 13.0. The van der Waals surface area contributed by atoms with Crippen LogP contribution in [0.2, 0.25) is 0 Å². The van der Waals surface area contributed by atoms with Gasteiger partial charge < -0.3 is 10.0 Å². The highest BCUT2D eigenvalue weighted by Gasteiger charge is 2.28. The second-order valence-electron chi connectivity index (χ2n) is 5.68. The number of likely N-dealkylation sites (tertiary alicyclic amines) is 2. The van der Waals surface area contributed by atoms with E-state index in [-0.39, 0.29) is 18.1 Å². The monoisotopic (exact) mass is 254 g/mol. The fourth-order valence-corrected chi connectivity index (χ4v) is 2.99. The molecule has 1 unspecified atom stereocenters. The molecule has 0 aliphatic carbocycles. The Morgan fingerprint density at radius 1 is 1.06 bits per heavy atom. The summed E-state index contributed by atoms with van der Waals surface area (Å²) in [5.41, 5.74) is 0. The average Bonchev–Trinajstić information content (AvgIpc) is 2.67. The number of amides is 1. The van der Waals surface area contributed by atoms with Crippen LogP contribution in [0.5, 0.6) is 0 Å². The number of carbonyl (C=O) groups excluding carboxylic acids is 1. The molecule has 0 aromatic heterocycles. The molecule has 1 amide bonds. The quantitative estimate of drug-likeness (QED) is 0.806. The average molecular weight is 254 g/mol. The lowest BCUT2D eigenvalue weighted by atomic mass is 10.1. The maximum absolute atomic E-state index is 12.4. The van der Waals surface area contributed by atoms with Crippen molar-refractivity contribution in [3.05, 3.63) is 0 Å². The molecule has 2 aliphatic rings. The molecule has 18 heavy (non-hydrogen) atoms. The Morgan fingerprint density at radius 3 is 2.17 bits per heavy atom. The van der Waals surface area contributed by atoms with Crippen molar-refractivity contribution < 1.29 is 9.90 Å². The van der Waals surface area contributed by atoms with E-state index in [9.17, 15) is 9.90 Å². The predicted molar refractivity (Wildman–Crippen MR) is 71.3 cm³/mol. The lowest BCUT2D eigenvalue weighted by Crippen LogP contribution is -2.50. The summed E-state index contributed by atoms with van der Waals surface area (Å²) in [7, 11) is 0. The van der Waals surface area contributed by atoms with Crippen LogP contribution in [0.15, 0.2) is 0 Å². The van der Waals surface area contributed by atoms with Gasteiger partial charge in [0.05, 0.1) is 12.1 Å². The number of piperidine rings is 1. The summed E-state index contributed by atoms with van der Waals surface area (Å²) in [6.45, 7) is 5.60. The Labute approximate surface area is 110 Å². The predicted octanol–water partition coefficient (Wildman–Crippen LogP) is 1.23. The van der Waals surface area contributed by atoms with Crippen molar-refractivity contribution in [2.75, 3.05) is 26.2 Å². The van der Waals surface area contributed by atoms with Gasteiger partial charge in [0.25, 0.3) is 0 Å². The highest BCUT2D eigenvalue weighted by molar-refractivity contribution is 5.81. The van der Waals surface area contributed by atoms with Crippen LogP contribution in [0.1, 0.15) is 45.4 Å². The molecule has 1 N–H and O–H groups in total. The van der Waals surface area contributed by atoms with E-state index in [1.165, 1.54) is 25.7 Å². The summed E-state index contributed by atoms with van der Waals surface area (Å²) in [6.07, 6.45) is 6.30. The van der Waals surface area contributed by atoms with Crippen molar-refractivity contribution in [2.24, 2.45) is 0 Å². The van der Waals surface area contributed by atoms with E-state index in [4.69, 9.17) is 0 Å². The third-order valence-electron chi connectivity index (χ3n) is 4.32. The van der Waals surface area contributed by atoms with E-state index in [1.807, 2.05) is 11.8 Å². The number of aliphatic hydroxyl groups excluding tert-OH is 1. The Morgan fingerprint density at radius 2 is 1.61 bits per heavy atom. The molecule has 104 valence electrons. The van der Waals surface area contributed by atoms with Gasteiger partial charge in [-0.3, -0.25) is 9.69 Å². The second-order valence-corrected chi connectivity index (χ2v) is 5.68. The largest absolute Gasteiger partial charge is 0.393 e. The van der Waals surface area contributed by atoms with Crippen molar-refractivity contribution >= 4 is 5.91 Å². The summed E-state index contributed by atoms with van der Waals surface area (Å²) >= 11 is 0. The Kier molecular flexibility index (Phi) is 5.01. The molecule has 4 heteroatoms. The molecule has 2 rings (SSSR count). The number of hydrogen-bond acceptors (Lipinski definition) is 3. The summed E-state index contributed by atoms with van der Waals surface area (Å²) in [6, 6.07) is 0.0124. The van der Waals surface area contributed by atoms with Crippen LogP contribution in [0.25, 0.3) is 0 Å². The molecule has 0 saturated carbocycles. The molecule has 2 heterocycles. The third-order valence-corrected chi connectivity index (χ3v) is 4.32. The minimum atomic E-state index is -0.206. The van der Waals surface area contributed by atoms with Crippen LogP contribution >= 0.6 is 0 Å². The van der Waals surface area contributed by atoms with Crippen LogP contribution in [-0.2, 0) is 4.79 Å². The highest BCUT2D eigenvalue weighted by Crippen LogP contribution is 2.16. The molecule has 4 nitrogen and oxygen atoms in total.